The molecule has 0 atom stereocenters. The molecule has 0 aromatic carbocycles. The number of hydrogen-bond donors (Lipinski definition) is 0. The van der Waals surface area contributed by atoms with E-state index in [1.807, 2.05) is 0 Å². The molecule has 4 heteroatoms. The van der Waals surface area contributed by atoms with Crippen molar-refractivity contribution in [1.82, 2.24) is 10.1 Å². The second-order valence-corrected chi connectivity index (χ2v) is 2.69. The molecule has 0 amide bonds. The Morgan fingerprint density at radius 2 is 2.31 bits per heavy atom. The summed E-state index contributed by atoms with van der Waals surface area (Å²) in [6, 6.07) is 3.28. The van der Waals surface area contributed by atoms with Crippen LogP contribution in [0.1, 0.15) is 5.56 Å². The number of pyridine rings is 1. The van der Waals surface area contributed by atoms with Crippen molar-refractivity contribution in [3.63, 3.8) is 0 Å². The monoisotopic (exact) mass is 178 g/mol. The van der Waals surface area contributed by atoms with E-state index in [1.54, 1.807) is 19.1 Å². The van der Waals surface area contributed by atoms with Crippen molar-refractivity contribution in [2.24, 2.45) is 0 Å². The van der Waals surface area contributed by atoms with Crippen LogP contribution in [0.2, 0.25) is 0 Å². The number of hydrogen-bond acceptors (Lipinski definition) is 3. The highest BCUT2D eigenvalue weighted by atomic mass is 19.1. The van der Waals surface area contributed by atoms with Crippen LogP contribution in [0, 0.1) is 12.9 Å². The molecule has 0 bridgehead atoms. The van der Waals surface area contributed by atoms with Crippen molar-refractivity contribution in [1.29, 1.82) is 0 Å². The van der Waals surface area contributed by atoms with Gasteiger partial charge in [0.25, 0.3) is 0 Å². The first-order chi connectivity index (χ1) is 6.29. The van der Waals surface area contributed by atoms with Crippen LogP contribution in [0.4, 0.5) is 4.39 Å². The number of aryl methyl sites for hydroxylation is 1. The van der Waals surface area contributed by atoms with Gasteiger partial charge < -0.3 is 4.52 Å². The lowest BCUT2D eigenvalue weighted by Gasteiger charge is -1.96. The highest BCUT2D eigenvalue weighted by molar-refractivity contribution is 5.61. The molecular formula is C9H7FN2O. The summed E-state index contributed by atoms with van der Waals surface area (Å²) in [4.78, 5) is 3.53. The van der Waals surface area contributed by atoms with Gasteiger partial charge in [-0.15, -0.1) is 0 Å². The molecule has 0 aliphatic carbocycles. The summed E-state index contributed by atoms with van der Waals surface area (Å²) >= 11 is 0. The maximum absolute atomic E-state index is 13.1. The Balaban J connectivity index is 2.59. The molecule has 2 rings (SSSR count). The van der Waals surface area contributed by atoms with Crippen LogP contribution in [0.15, 0.2) is 29.1 Å². The van der Waals surface area contributed by atoms with Crippen molar-refractivity contribution in [2.75, 3.05) is 0 Å². The standard InChI is InChI=1S/C9H7FN2O/c1-6-5-13-12-8(6)7-3-2-4-11-9(7)10/h2-5H,1H3. The molecule has 3 nitrogen and oxygen atoms in total. The summed E-state index contributed by atoms with van der Waals surface area (Å²) < 4.78 is 17.9. The molecule has 0 fully saturated rings. The Hall–Kier alpha value is -1.71. The second-order valence-electron chi connectivity index (χ2n) is 2.69. The first-order valence-corrected chi connectivity index (χ1v) is 3.81. The van der Waals surface area contributed by atoms with Crippen molar-refractivity contribution < 1.29 is 8.91 Å². The van der Waals surface area contributed by atoms with Crippen LogP contribution < -0.4 is 0 Å². The molecule has 2 aromatic heterocycles. The van der Waals surface area contributed by atoms with Crippen molar-refractivity contribution >= 4 is 0 Å². The first kappa shape index (κ1) is 7.91. The quantitative estimate of drug-likeness (QED) is 0.628. The Morgan fingerprint density at radius 1 is 1.46 bits per heavy atom. The molecule has 2 heterocycles. The van der Waals surface area contributed by atoms with Crippen LogP contribution in [0.3, 0.4) is 0 Å². The Labute approximate surface area is 74.2 Å². The lowest BCUT2D eigenvalue weighted by molar-refractivity contribution is 0.421. The molecule has 0 spiro atoms. The van der Waals surface area contributed by atoms with E-state index in [-0.39, 0.29) is 0 Å². The SMILES string of the molecule is Cc1conc1-c1cccnc1F. The maximum Gasteiger partial charge on any atom is 0.222 e. The fraction of sp³-hybridized carbons (Fsp3) is 0.111. The molecule has 0 aliphatic rings. The van der Waals surface area contributed by atoms with Gasteiger partial charge in [0.05, 0.1) is 5.56 Å². The van der Waals surface area contributed by atoms with Gasteiger partial charge in [-0.1, -0.05) is 5.16 Å². The highest BCUT2D eigenvalue weighted by Gasteiger charge is 2.11. The molecule has 0 saturated carbocycles. The van der Waals surface area contributed by atoms with E-state index in [0.29, 0.717) is 11.3 Å². The lowest BCUT2D eigenvalue weighted by Crippen LogP contribution is -1.88. The van der Waals surface area contributed by atoms with E-state index in [1.165, 1.54) is 12.5 Å². The predicted octanol–water partition coefficient (Wildman–Crippen LogP) is 2.18. The second kappa shape index (κ2) is 2.97. The average Bonchev–Trinajstić information content (AvgIpc) is 2.52. The zero-order chi connectivity index (χ0) is 9.26. The van der Waals surface area contributed by atoms with Gasteiger partial charge in [-0.05, 0) is 19.1 Å². The zero-order valence-corrected chi connectivity index (χ0v) is 6.99. The summed E-state index contributed by atoms with van der Waals surface area (Å²) in [6.07, 6.45) is 2.87. The smallest absolute Gasteiger partial charge is 0.222 e. The third-order valence-electron chi connectivity index (χ3n) is 1.76. The minimum absolute atomic E-state index is 0.369. The molecule has 0 radical (unpaired) electrons. The van der Waals surface area contributed by atoms with Crippen LogP contribution in [0.5, 0.6) is 0 Å². The molecule has 0 unspecified atom stereocenters. The molecule has 0 saturated heterocycles. The van der Waals surface area contributed by atoms with Gasteiger partial charge in [0.2, 0.25) is 5.95 Å². The van der Waals surface area contributed by atoms with E-state index in [9.17, 15) is 4.39 Å². The predicted molar refractivity (Wildman–Crippen MR) is 44.4 cm³/mol. The molecule has 2 aromatic rings. The van der Waals surface area contributed by atoms with Gasteiger partial charge in [0.15, 0.2) is 0 Å². The third kappa shape index (κ3) is 1.30. The molecule has 0 aliphatic heterocycles. The van der Waals surface area contributed by atoms with E-state index in [0.717, 1.165) is 5.56 Å². The Kier molecular flexibility index (Phi) is 1.81. The summed E-state index contributed by atoms with van der Waals surface area (Å²) in [5.41, 5.74) is 1.67. The lowest BCUT2D eigenvalue weighted by atomic mass is 10.1. The number of halogens is 1. The van der Waals surface area contributed by atoms with Crippen LogP contribution in [-0.4, -0.2) is 10.1 Å². The Bertz CT molecular complexity index is 425. The van der Waals surface area contributed by atoms with Crippen molar-refractivity contribution in [3.8, 4) is 11.3 Å². The zero-order valence-electron chi connectivity index (χ0n) is 6.99. The fourth-order valence-corrected chi connectivity index (χ4v) is 1.11. The molecular weight excluding hydrogens is 171 g/mol. The van der Waals surface area contributed by atoms with Gasteiger partial charge in [-0.2, -0.15) is 4.39 Å². The largest absolute Gasteiger partial charge is 0.364 e. The topological polar surface area (TPSA) is 38.9 Å². The van der Waals surface area contributed by atoms with Crippen molar-refractivity contribution in [2.45, 2.75) is 6.92 Å². The van der Waals surface area contributed by atoms with E-state index >= 15 is 0 Å². The van der Waals surface area contributed by atoms with Crippen LogP contribution in [0.25, 0.3) is 11.3 Å². The van der Waals surface area contributed by atoms with Gasteiger partial charge in [-0.25, -0.2) is 4.98 Å². The highest BCUT2D eigenvalue weighted by Crippen LogP contribution is 2.22. The summed E-state index contributed by atoms with van der Waals surface area (Å²) in [6.45, 7) is 1.80. The van der Waals surface area contributed by atoms with Crippen LogP contribution in [-0.2, 0) is 0 Å². The van der Waals surface area contributed by atoms with Crippen LogP contribution >= 0.6 is 0 Å². The summed E-state index contributed by atoms with van der Waals surface area (Å²) in [5.74, 6) is -0.528. The van der Waals surface area contributed by atoms with E-state index in [4.69, 9.17) is 4.52 Å². The Morgan fingerprint density at radius 3 is 2.92 bits per heavy atom. The molecule has 66 valence electrons. The number of rotatable bonds is 1. The van der Waals surface area contributed by atoms with Gasteiger partial charge in [0, 0.05) is 11.8 Å². The first-order valence-electron chi connectivity index (χ1n) is 3.81. The maximum atomic E-state index is 13.1. The normalized spacial score (nSPS) is 10.3. The van der Waals surface area contributed by atoms with E-state index in [2.05, 4.69) is 10.1 Å². The number of aromatic nitrogens is 2. The van der Waals surface area contributed by atoms with E-state index < -0.39 is 5.95 Å². The summed E-state index contributed by atoms with van der Waals surface area (Å²) in [7, 11) is 0. The molecule has 0 N–H and O–H groups in total. The summed E-state index contributed by atoms with van der Waals surface area (Å²) in [5, 5.41) is 3.69. The average molecular weight is 178 g/mol. The third-order valence-corrected chi connectivity index (χ3v) is 1.76. The minimum Gasteiger partial charge on any atom is -0.364 e. The number of nitrogens with zero attached hydrogens (tertiary/aromatic N) is 2. The van der Waals surface area contributed by atoms with Gasteiger partial charge in [-0.3, -0.25) is 0 Å². The van der Waals surface area contributed by atoms with Gasteiger partial charge >= 0.3 is 0 Å². The minimum atomic E-state index is -0.528. The fourth-order valence-electron chi connectivity index (χ4n) is 1.11. The molecule has 13 heavy (non-hydrogen) atoms. The van der Waals surface area contributed by atoms with Gasteiger partial charge in [0.1, 0.15) is 12.0 Å². The van der Waals surface area contributed by atoms with Crippen molar-refractivity contribution in [3.05, 3.63) is 36.1 Å².